The third kappa shape index (κ3) is 2.20. The number of para-hydroxylation sites is 1. The van der Waals surface area contributed by atoms with Gasteiger partial charge in [0.15, 0.2) is 10.6 Å². The Morgan fingerprint density at radius 3 is 2.62 bits per heavy atom. The summed E-state index contributed by atoms with van der Waals surface area (Å²) in [5.41, 5.74) is 6.85. The summed E-state index contributed by atoms with van der Waals surface area (Å²) in [5, 5.41) is 8.64. The Balaban J connectivity index is 1.97. The molecule has 0 aliphatic rings. The SMILES string of the molecule is Cc1ccccc1-n1c(-c2ccc3[nH]c(C)c(C)c3c2)n[nH]c1=S. The van der Waals surface area contributed by atoms with E-state index in [-0.39, 0.29) is 0 Å². The van der Waals surface area contributed by atoms with E-state index >= 15 is 0 Å². The molecule has 4 aromatic rings. The first-order valence-electron chi connectivity index (χ1n) is 7.89. The predicted molar refractivity (Wildman–Crippen MR) is 100 cm³/mol. The predicted octanol–water partition coefficient (Wildman–Crippen LogP) is 5.00. The molecule has 2 aromatic heterocycles. The fourth-order valence-electron chi connectivity index (χ4n) is 3.13. The van der Waals surface area contributed by atoms with Gasteiger partial charge in [-0.1, -0.05) is 18.2 Å². The van der Waals surface area contributed by atoms with Crippen LogP contribution >= 0.6 is 12.2 Å². The van der Waals surface area contributed by atoms with Gasteiger partial charge in [0.1, 0.15) is 0 Å². The molecule has 0 saturated heterocycles. The first-order valence-corrected chi connectivity index (χ1v) is 8.30. The first kappa shape index (κ1) is 14.9. The van der Waals surface area contributed by atoms with Crippen LogP contribution in [0.15, 0.2) is 42.5 Å². The van der Waals surface area contributed by atoms with Crippen LogP contribution in [0.3, 0.4) is 0 Å². The molecule has 4 rings (SSSR count). The Kier molecular flexibility index (Phi) is 3.39. The Morgan fingerprint density at radius 2 is 1.83 bits per heavy atom. The summed E-state index contributed by atoms with van der Waals surface area (Å²) in [6.45, 7) is 6.31. The molecule has 0 spiro atoms. The highest BCUT2D eigenvalue weighted by molar-refractivity contribution is 7.71. The van der Waals surface area contributed by atoms with E-state index in [9.17, 15) is 0 Å². The number of hydrogen-bond donors (Lipinski definition) is 2. The number of benzene rings is 2. The summed E-state index contributed by atoms with van der Waals surface area (Å²) < 4.78 is 2.60. The third-order valence-corrected chi connectivity index (χ3v) is 4.87. The van der Waals surface area contributed by atoms with E-state index in [1.165, 1.54) is 16.6 Å². The molecule has 5 heteroatoms. The maximum absolute atomic E-state index is 5.48. The molecular weight excluding hydrogens is 316 g/mol. The van der Waals surface area contributed by atoms with Crippen molar-refractivity contribution in [3.05, 3.63) is 64.1 Å². The standard InChI is InChI=1S/C19H18N4S/c1-11-6-4-5-7-17(11)23-18(21-22-19(23)24)14-8-9-16-15(10-14)12(2)13(3)20-16/h4-10,20H,1-3H3,(H,22,24). The van der Waals surface area contributed by atoms with Crippen LogP contribution in [0.25, 0.3) is 28.0 Å². The molecule has 0 bridgehead atoms. The maximum atomic E-state index is 5.48. The normalized spacial score (nSPS) is 11.3. The van der Waals surface area contributed by atoms with Gasteiger partial charge in [0.2, 0.25) is 0 Å². The molecule has 4 nitrogen and oxygen atoms in total. The topological polar surface area (TPSA) is 49.4 Å². The zero-order valence-electron chi connectivity index (χ0n) is 13.8. The summed E-state index contributed by atoms with van der Waals surface area (Å²) in [6.07, 6.45) is 0. The average molecular weight is 334 g/mol. The van der Waals surface area contributed by atoms with Gasteiger partial charge in [-0.05, 0) is 68.4 Å². The van der Waals surface area contributed by atoms with E-state index in [0.29, 0.717) is 4.77 Å². The Bertz CT molecular complexity index is 1110. The second-order valence-electron chi connectivity index (χ2n) is 6.11. The lowest BCUT2D eigenvalue weighted by molar-refractivity contribution is 1.02. The molecule has 0 fully saturated rings. The number of aromatic amines is 2. The molecule has 24 heavy (non-hydrogen) atoms. The van der Waals surface area contributed by atoms with Crippen molar-refractivity contribution >= 4 is 23.1 Å². The lowest BCUT2D eigenvalue weighted by Crippen LogP contribution is -2.00. The molecular formula is C19H18N4S. The van der Waals surface area contributed by atoms with Crippen LogP contribution in [0.5, 0.6) is 0 Å². The van der Waals surface area contributed by atoms with Crippen molar-refractivity contribution in [1.29, 1.82) is 0 Å². The molecule has 0 aliphatic heterocycles. The summed E-state index contributed by atoms with van der Waals surface area (Å²) in [6, 6.07) is 14.5. The Morgan fingerprint density at radius 1 is 1.04 bits per heavy atom. The highest BCUT2D eigenvalue weighted by Crippen LogP contribution is 2.29. The van der Waals surface area contributed by atoms with Gasteiger partial charge in [-0.25, -0.2) is 0 Å². The first-order chi connectivity index (χ1) is 11.6. The van der Waals surface area contributed by atoms with Gasteiger partial charge < -0.3 is 4.98 Å². The van der Waals surface area contributed by atoms with Crippen LogP contribution in [-0.4, -0.2) is 19.7 Å². The molecule has 2 heterocycles. The van der Waals surface area contributed by atoms with Crippen LogP contribution in [0.4, 0.5) is 0 Å². The molecule has 0 amide bonds. The van der Waals surface area contributed by atoms with Gasteiger partial charge in [-0.15, -0.1) is 0 Å². The molecule has 0 atom stereocenters. The fourth-order valence-corrected chi connectivity index (χ4v) is 3.36. The van der Waals surface area contributed by atoms with Crippen molar-refractivity contribution in [2.24, 2.45) is 0 Å². The van der Waals surface area contributed by atoms with Crippen molar-refractivity contribution in [2.45, 2.75) is 20.8 Å². The van der Waals surface area contributed by atoms with E-state index in [1.54, 1.807) is 0 Å². The summed E-state index contributed by atoms with van der Waals surface area (Å²) in [4.78, 5) is 3.41. The van der Waals surface area contributed by atoms with Crippen LogP contribution in [-0.2, 0) is 0 Å². The molecule has 0 unspecified atom stereocenters. The number of H-pyrrole nitrogens is 2. The Labute approximate surface area is 145 Å². The lowest BCUT2D eigenvalue weighted by atomic mass is 10.1. The second-order valence-corrected chi connectivity index (χ2v) is 6.50. The van der Waals surface area contributed by atoms with E-state index in [4.69, 9.17) is 12.2 Å². The summed E-state index contributed by atoms with van der Waals surface area (Å²) in [5.74, 6) is 0.828. The number of fused-ring (bicyclic) bond motifs is 1. The average Bonchev–Trinajstić information content (AvgIpc) is 3.09. The van der Waals surface area contributed by atoms with Crippen molar-refractivity contribution in [3.8, 4) is 17.1 Å². The molecule has 2 aromatic carbocycles. The monoisotopic (exact) mass is 334 g/mol. The van der Waals surface area contributed by atoms with Crippen LogP contribution in [0.1, 0.15) is 16.8 Å². The highest BCUT2D eigenvalue weighted by Gasteiger charge is 2.14. The van der Waals surface area contributed by atoms with Gasteiger partial charge >= 0.3 is 0 Å². The summed E-state index contributed by atoms with van der Waals surface area (Å²) >= 11 is 5.48. The van der Waals surface area contributed by atoms with Crippen LogP contribution in [0.2, 0.25) is 0 Å². The Hall–Kier alpha value is -2.66. The third-order valence-electron chi connectivity index (χ3n) is 4.60. The fraction of sp³-hybridized carbons (Fsp3) is 0.158. The largest absolute Gasteiger partial charge is 0.358 e. The lowest BCUT2D eigenvalue weighted by Gasteiger charge is -2.10. The quantitative estimate of drug-likeness (QED) is 0.507. The maximum Gasteiger partial charge on any atom is 0.200 e. The number of hydrogen-bond acceptors (Lipinski definition) is 2. The molecule has 2 N–H and O–H groups in total. The zero-order valence-corrected chi connectivity index (χ0v) is 14.7. The van der Waals surface area contributed by atoms with E-state index < -0.39 is 0 Å². The number of nitrogens with one attached hydrogen (secondary N) is 2. The van der Waals surface area contributed by atoms with Crippen LogP contribution < -0.4 is 0 Å². The van der Waals surface area contributed by atoms with Crippen molar-refractivity contribution in [3.63, 3.8) is 0 Å². The van der Waals surface area contributed by atoms with E-state index in [1.807, 2.05) is 16.7 Å². The van der Waals surface area contributed by atoms with Gasteiger partial charge in [0.25, 0.3) is 0 Å². The van der Waals surface area contributed by atoms with E-state index in [0.717, 1.165) is 28.2 Å². The summed E-state index contributed by atoms with van der Waals surface area (Å²) in [7, 11) is 0. The molecule has 0 radical (unpaired) electrons. The molecule has 0 aliphatic carbocycles. The molecule has 0 saturated carbocycles. The van der Waals surface area contributed by atoms with Crippen LogP contribution in [0, 0.1) is 25.5 Å². The highest BCUT2D eigenvalue weighted by atomic mass is 32.1. The van der Waals surface area contributed by atoms with Crippen molar-refractivity contribution in [1.82, 2.24) is 19.7 Å². The minimum absolute atomic E-state index is 0.598. The van der Waals surface area contributed by atoms with Gasteiger partial charge in [-0.3, -0.25) is 9.67 Å². The molecule has 120 valence electrons. The van der Waals surface area contributed by atoms with Crippen molar-refractivity contribution < 1.29 is 0 Å². The number of rotatable bonds is 2. The smallest absolute Gasteiger partial charge is 0.200 e. The number of aryl methyl sites for hydroxylation is 3. The van der Waals surface area contributed by atoms with Gasteiger partial charge in [0, 0.05) is 22.2 Å². The van der Waals surface area contributed by atoms with E-state index in [2.05, 4.69) is 66.3 Å². The number of nitrogens with zero attached hydrogens (tertiary/aromatic N) is 2. The van der Waals surface area contributed by atoms with Gasteiger partial charge in [-0.2, -0.15) is 5.10 Å². The minimum Gasteiger partial charge on any atom is -0.358 e. The zero-order chi connectivity index (χ0) is 16.8. The van der Waals surface area contributed by atoms with Crippen molar-refractivity contribution in [2.75, 3.05) is 0 Å². The second kappa shape index (κ2) is 5.46. The van der Waals surface area contributed by atoms with Gasteiger partial charge in [0.05, 0.1) is 5.69 Å². The minimum atomic E-state index is 0.598. The number of aromatic nitrogens is 4.